The van der Waals surface area contributed by atoms with Gasteiger partial charge in [0.25, 0.3) is 0 Å². The highest BCUT2D eigenvalue weighted by molar-refractivity contribution is 7.91. The minimum absolute atomic E-state index is 0.138. The summed E-state index contributed by atoms with van der Waals surface area (Å²) in [6, 6.07) is 10.6. The van der Waals surface area contributed by atoms with Crippen LogP contribution in [0, 0.1) is 0 Å². The first-order valence-electron chi connectivity index (χ1n) is 11.5. The molecule has 0 aromatic carbocycles. The molecule has 0 spiro atoms. The number of hydrogen-bond acceptors (Lipinski definition) is 6. The van der Waals surface area contributed by atoms with Crippen molar-refractivity contribution in [1.29, 1.82) is 0 Å². The molecule has 0 radical (unpaired) electrons. The van der Waals surface area contributed by atoms with Crippen molar-refractivity contribution >= 4 is 45.9 Å². The highest BCUT2D eigenvalue weighted by Crippen LogP contribution is 2.23. The first-order chi connectivity index (χ1) is 16.7. The average Bonchev–Trinajstić information content (AvgIpc) is 2.77. The molecule has 2 aromatic rings. The maximum absolute atomic E-state index is 12.1. The Bertz CT molecular complexity index is 890. The quantitative estimate of drug-likeness (QED) is 0.184. The molecule has 0 aliphatic carbocycles. The second kappa shape index (κ2) is 15.3. The maximum Gasteiger partial charge on any atom is 0.136 e. The second-order valence-electron chi connectivity index (χ2n) is 9.92. The Labute approximate surface area is 233 Å². The molecule has 0 bridgehead atoms. The van der Waals surface area contributed by atoms with Gasteiger partial charge in [-0.2, -0.15) is 0 Å². The van der Waals surface area contributed by atoms with Crippen molar-refractivity contribution < 1.29 is 9.11 Å². The summed E-state index contributed by atoms with van der Waals surface area (Å²) < 4.78 is 29.7. The maximum atomic E-state index is 12.1. The lowest BCUT2D eigenvalue weighted by molar-refractivity contribution is 0.520. The van der Waals surface area contributed by atoms with Gasteiger partial charge in [0.2, 0.25) is 0 Å². The Hall–Kier alpha value is -1.10. The number of nitrogens with one attached hydrogen (secondary N) is 2. The van der Waals surface area contributed by atoms with Crippen molar-refractivity contribution in [1.82, 2.24) is 19.4 Å². The van der Waals surface area contributed by atoms with Gasteiger partial charge in [-0.3, -0.25) is 0 Å². The lowest BCUT2D eigenvalue weighted by atomic mass is 10.1. The van der Waals surface area contributed by atoms with E-state index in [-0.39, 0.29) is 21.6 Å². The molecule has 200 valence electrons. The number of pyridine rings is 2. The van der Waals surface area contributed by atoms with Crippen molar-refractivity contribution in [2.75, 3.05) is 0 Å². The van der Waals surface area contributed by atoms with Gasteiger partial charge in [-0.15, -0.1) is 22.6 Å². The van der Waals surface area contributed by atoms with E-state index in [1.165, 1.54) is 0 Å². The molecule has 0 unspecified atom stereocenters. The third-order valence-electron chi connectivity index (χ3n) is 4.60. The standard InChI is InChI=1S/2C13H19ClN2OS/c2*1-5-7-11(16-18(17)13(2,3)4)10-8-6-9-12(14)15-10/h2*5-6,8-9,11,16H,1,7H2,2-4H3/t11-,18+;11-,18-/m10/s1. The fourth-order valence-corrected chi connectivity index (χ4v) is 4.64. The van der Waals surface area contributed by atoms with Crippen LogP contribution in [0.5, 0.6) is 0 Å². The van der Waals surface area contributed by atoms with Crippen molar-refractivity contribution in [3.05, 3.63) is 83.4 Å². The molecule has 0 aliphatic heterocycles. The van der Waals surface area contributed by atoms with E-state index < -0.39 is 22.7 Å². The number of rotatable bonds is 10. The summed E-state index contributed by atoms with van der Waals surface area (Å²) in [7, 11) is 0. The van der Waals surface area contributed by atoms with Gasteiger partial charge in [0, 0.05) is 22.7 Å². The molecular formula is C26H38Cl2N4O2S2. The molecule has 0 saturated heterocycles. The molecule has 6 nitrogen and oxygen atoms in total. The largest absolute Gasteiger partial charge is 0.598 e. The molecule has 10 heteroatoms. The van der Waals surface area contributed by atoms with Crippen LogP contribution in [0.2, 0.25) is 10.3 Å². The zero-order valence-corrected chi connectivity index (χ0v) is 25.0. The monoisotopic (exact) mass is 572 g/mol. The van der Waals surface area contributed by atoms with Gasteiger partial charge in [-0.25, -0.2) is 9.97 Å². The van der Waals surface area contributed by atoms with Crippen LogP contribution in [0.25, 0.3) is 0 Å². The van der Waals surface area contributed by atoms with Crippen LogP contribution in [0.15, 0.2) is 61.7 Å². The zero-order chi connectivity index (χ0) is 27.5. The summed E-state index contributed by atoms with van der Waals surface area (Å²) in [5.41, 5.74) is 1.56. The number of aromatic nitrogens is 2. The second-order valence-corrected chi connectivity index (χ2v) is 14.7. The summed E-state index contributed by atoms with van der Waals surface area (Å²) in [4.78, 5) is 8.50. The lowest BCUT2D eigenvalue weighted by Gasteiger charge is -2.27. The molecule has 2 aromatic heterocycles. The summed E-state index contributed by atoms with van der Waals surface area (Å²) in [5, 5.41) is 0.870. The van der Waals surface area contributed by atoms with E-state index in [4.69, 9.17) is 23.2 Å². The Morgan fingerprint density at radius 3 is 1.36 bits per heavy atom. The van der Waals surface area contributed by atoms with Gasteiger partial charge in [0.05, 0.1) is 23.5 Å². The van der Waals surface area contributed by atoms with Crippen molar-refractivity contribution in [3.63, 3.8) is 0 Å². The minimum atomic E-state index is -1.16. The molecule has 2 N–H and O–H groups in total. The topological polar surface area (TPSA) is 96.0 Å². The molecule has 2 heterocycles. The third kappa shape index (κ3) is 12.0. The van der Waals surface area contributed by atoms with Gasteiger partial charge in [0.1, 0.15) is 19.8 Å². The first-order valence-corrected chi connectivity index (χ1v) is 14.6. The van der Waals surface area contributed by atoms with Crippen LogP contribution in [0.3, 0.4) is 0 Å². The zero-order valence-electron chi connectivity index (χ0n) is 21.9. The summed E-state index contributed by atoms with van der Waals surface area (Å²) in [6.45, 7) is 19.0. The SMILES string of the molecule is C=CC[C@@H](N[S@@+]([O-])C(C)(C)C)c1cccc(Cl)n1.C=CC[C@H](N[S@@+]([O-])C(C)(C)C)c1cccc(Cl)n1. The normalized spacial score (nSPS) is 15.2. The average molecular weight is 574 g/mol. The van der Waals surface area contributed by atoms with Gasteiger partial charge in [0.15, 0.2) is 0 Å². The van der Waals surface area contributed by atoms with Gasteiger partial charge in [-0.1, -0.05) is 47.5 Å². The molecule has 2 rings (SSSR count). The van der Waals surface area contributed by atoms with Crippen LogP contribution < -0.4 is 9.44 Å². The number of hydrogen-bond donors (Lipinski definition) is 2. The molecular weight excluding hydrogens is 535 g/mol. The lowest BCUT2D eigenvalue weighted by Crippen LogP contribution is -2.41. The Kier molecular flexibility index (Phi) is 14.0. The van der Waals surface area contributed by atoms with Gasteiger partial charge >= 0.3 is 0 Å². The van der Waals surface area contributed by atoms with Crippen LogP contribution in [0.4, 0.5) is 0 Å². The Morgan fingerprint density at radius 2 is 1.11 bits per heavy atom. The van der Waals surface area contributed by atoms with Crippen molar-refractivity contribution in [3.8, 4) is 0 Å². The van der Waals surface area contributed by atoms with Crippen molar-refractivity contribution in [2.24, 2.45) is 0 Å². The molecule has 36 heavy (non-hydrogen) atoms. The number of halogens is 2. The molecule has 4 atom stereocenters. The number of nitrogens with zero attached hydrogens (tertiary/aromatic N) is 2. The van der Waals surface area contributed by atoms with E-state index in [1.807, 2.05) is 65.8 Å². The Morgan fingerprint density at radius 1 is 0.778 bits per heavy atom. The summed E-state index contributed by atoms with van der Waals surface area (Å²) >= 11 is 9.44. The predicted molar refractivity (Wildman–Crippen MR) is 156 cm³/mol. The smallest absolute Gasteiger partial charge is 0.136 e. The molecule has 0 aliphatic rings. The van der Waals surface area contributed by atoms with Gasteiger partial charge in [-0.05, 0) is 78.6 Å². The van der Waals surface area contributed by atoms with E-state index in [0.717, 1.165) is 11.4 Å². The fraction of sp³-hybridized carbons (Fsp3) is 0.462. The summed E-state index contributed by atoms with van der Waals surface area (Å²) in [6.07, 6.45) is 4.85. The molecule has 0 amide bonds. The minimum Gasteiger partial charge on any atom is -0.598 e. The van der Waals surface area contributed by atoms with Crippen LogP contribution >= 0.6 is 23.2 Å². The van der Waals surface area contributed by atoms with Crippen LogP contribution in [0.1, 0.15) is 77.9 Å². The van der Waals surface area contributed by atoms with E-state index in [9.17, 15) is 9.11 Å². The highest BCUT2D eigenvalue weighted by Gasteiger charge is 2.31. The van der Waals surface area contributed by atoms with E-state index in [1.54, 1.807) is 24.3 Å². The van der Waals surface area contributed by atoms with E-state index in [2.05, 4.69) is 32.6 Å². The highest BCUT2D eigenvalue weighted by atomic mass is 35.5. The van der Waals surface area contributed by atoms with Crippen LogP contribution in [-0.2, 0) is 22.7 Å². The van der Waals surface area contributed by atoms with Gasteiger partial charge < -0.3 is 9.11 Å². The predicted octanol–water partition coefficient (Wildman–Crippen LogP) is 6.81. The van der Waals surface area contributed by atoms with E-state index in [0.29, 0.717) is 23.1 Å². The first kappa shape index (κ1) is 32.9. The van der Waals surface area contributed by atoms with Crippen molar-refractivity contribution in [2.45, 2.75) is 76.0 Å². The Balaban J connectivity index is 0.000000360. The summed E-state index contributed by atoms with van der Waals surface area (Å²) in [5.74, 6) is 0. The molecule has 0 fully saturated rings. The fourth-order valence-electron chi connectivity index (χ4n) is 2.64. The van der Waals surface area contributed by atoms with Crippen LogP contribution in [-0.4, -0.2) is 28.6 Å². The third-order valence-corrected chi connectivity index (χ3v) is 8.25. The molecule has 0 saturated carbocycles. The van der Waals surface area contributed by atoms with E-state index >= 15 is 0 Å².